The van der Waals surface area contributed by atoms with Crippen LogP contribution in [0.3, 0.4) is 0 Å². The van der Waals surface area contributed by atoms with E-state index < -0.39 is 0 Å². The minimum atomic E-state index is 0.913. The van der Waals surface area contributed by atoms with Gasteiger partial charge in [0, 0.05) is 30.3 Å². The third-order valence-corrected chi connectivity index (χ3v) is 4.31. The van der Waals surface area contributed by atoms with Crippen molar-refractivity contribution in [2.45, 2.75) is 19.9 Å². The van der Waals surface area contributed by atoms with Gasteiger partial charge in [-0.05, 0) is 49.2 Å². The quantitative estimate of drug-likeness (QED) is 0.748. The maximum absolute atomic E-state index is 3.62. The molecule has 2 aromatic carbocycles. The van der Waals surface area contributed by atoms with Gasteiger partial charge in [0.2, 0.25) is 0 Å². The molecule has 0 aliphatic carbocycles. The molecule has 1 N–H and O–H groups in total. The normalized spacial score (nSPS) is 10.6. The molecule has 0 spiro atoms. The minimum Gasteiger partial charge on any atom is -0.375 e. The molecule has 112 valence electrons. The van der Waals surface area contributed by atoms with Crippen LogP contribution >= 0.6 is 15.9 Å². The van der Waals surface area contributed by atoms with E-state index >= 15 is 0 Å². The van der Waals surface area contributed by atoms with Crippen molar-refractivity contribution in [1.29, 1.82) is 0 Å². The predicted octanol–water partition coefficient (Wildman–Crippen LogP) is 4.37. The molecule has 0 radical (unpaired) electrons. The van der Waals surface area contributed by atoms with Crippen LogP contribution in [0.25, 0.3) is 0 Å². The summed E-state index contributed by atoms with van der Waals surface area (Å²) in [7, 11) is 2.14. The molecule has 0 unspecified atom stereocenters. The summed E-state index contributed by atoms with van der Waals surface area (Å²) in [6.45, 7) is 5.11. The first-order chi connectivity index (χ1) is 10.2. The Balaban J connectivity index is 1.68. The monoisotopic (exact) mass is 346 g/mol. The summed E-state index contributed by atoms with van der Waals surface area (Å²) in [5.41, 5.74) is 3.88. The Labute approximate surface area is 136 Å². The Bertz CT molecular complexity index is 554. The largest absolute Gasteiger partial charge is 0.375 e. The summed E-state index contributed by atoms with van der Waals surface area (Å²) in [6.07, 6.45) is 1.13. The standard InChI is InChI=1S/C18H23BrN2/c1-15-9-10-16(18(19)13-15)14-20-11-6-12-21(2)17-7-4-3-5-8-17/h3-5,7-10,13,20H,6,11-12,14H2,1-2H3. The summed E-state index contributed by atoms with van der Waals surface area (Å²) in [6, 6.07) is 17.0. The van der Waals surface area contributed by atoms with Gasteiger partial charge in [-0.15, -0.1) is 0 Å². The van der Waals surface area contributed by atoms with Gasteiger partial charge in [-0.2, -0.15) is 0 Å². The van der Waals surface area contributed by atoms with Crippen molar-refractivity contribution in [3.63, 3.8) is 0 Å². The van der Waals surface area contributed by atoms with E-state index in [4.69, 9.17) is 0 Å². The second-order valence-corrected chi connectivity index (χ2v) is 6.24. The molecule has 0 saturated heterocycles. The number of nitrogens with one attached hydrogen (secondary N) is 1. The van der Waals surface area contributed by atoms with Gasteiger partial charge in [0.05, 0.1) is 0 Å². The van der Waals surface area contributed by atoms with E-state index in [1.165, 1.54) is 21.3 Å². The van der Waals surface area contributed by atoms with Gasteiger partial charge < -0.3 is 10.2 Å². The second-order valence-electron chi connectivity index (χ2n) is 5.38. The van der Waals surface area contributed by atoms with E-state index in [1.54, 1.807) is 0 Å². The number of nitrogens with zero attached hydrogens (tertiary/aromatic N) is 1. The lowest BCUT2D eigenvalue weighted by Crippen LogP contribution is -2.23. The summed E-state index contributed by atoms with van der Waals surface area (Å²) < 4.78 is 1.19. The Morgan fingerprint density at radius 2 is 1.86 bits per heavy atom. The van der Waals surface area contributed by atoms with Crippen molar-refractivity contribution >= 4 is 21.6 Å². The van der Waals surface area contributed by atoms with Crippen molar-refractivity contribution in [2.24, 2.45) is 0 Å². The van der Waals surface area contributed by atoms with E-state index in [9.17, 15) is 0 Å². The van der Waals surface area contributed by atoms with Crippen LogP contribution in [0.1, 0.15) is 17.5 Å². The van der Waals surface area contributed by atoms with Crippen LogP contribution in [0.5, 0.6) is 0 Å². The highest BCUT2D eigenvalue weighted by atomic mass is 79.9. The maximum atomic E-state index is 3.62. The smallest absolute Gasteiger partial charge is 0.0363 e. The topological polar surface area (TPSA) is 15.3 Å². The molecule has 2 nitrogen and oxygen atoms in total. The minimum absolute atomic E-state index is 0.913. The van der Waals surface area contributed by atoms with E-state index in [0.717, 1.165) is 26.1 Å². The number of rotatable bonds is 7. The van der Waals surface area contributed by atoms with E-state index in [-0.39, 0.29) is 0 Å². The van der Waals surface area contributed by atoms with E-state index in [2.05, 4.69) is 88.6 Å². The third kappa shape index (κ3) is 5.18. The van der Waals surface area contributed by atoms with Gasteiger partial charge in [0.25, 0.3) is 0 Å². The number of aryl methyl sites for hydroxylation is 1. The molecule has 0 aliphatic heterocycles. The zero-order chi connectivity index (χ0) is 15.1. The molecule has 0 fully saturated rings. The lowest BCUT2D eigenvalue weighted by molar-refractivity contribution is 0.645. The first-order valence-corrected chi connectivity index (χ1v) is 8.18. The fourth-order valence-corrected chi connectivity index (χ4v) is 2.91. The van der Waals surface area contributed by atoms with Crippen molar-refractivity contribution in [2.75, 3.05) is 25.0 Å². The van der Waals surface area contributed by atoms with Crippen molar-refractivity contribution in [3.05, 3.63) is 64.1 Å². The lowest BCUT2D eigenvalue weighted by Gasteiger charge is -2.19. The lowest BCUT2D eigenvalue weighted by atomic mass is 10.1. The first kappa shape index (κ1) is 16.1. The zero-order valence-corrected chi connectivity index (χ0v) is 14.4. The SMILES string of the molecule is Cc1ccc(CNCCCN(C)c2ccccc2)c(Br)c1. The Morgan fingerprint density at radius 1 is 1.10 bits per heavy atom. The van der Waals surface area contributed by atoms with E-state index in [1.807, 2.05) is 0 Å². The molecule has 0 atom stereocenters. The molecule has 0 heterocycles. The molecular formula is C18H23BrN2. The first-order valence-electron chi connectivity index (χ1n) is 7.39. The highest BCUT2D eigenvalue weighted by Crippen LogP contribution is 2.18. The van der Waals surface area contributed by atoms with Crippen molar-refractivity contribution < 1.29 is 0 Å². The van der Waals surface area contributed by atoms with Crippen LogP contribution in [-0.4, -0.2) is 20.1 Å². The molecular weight excluding hydrogens is 324 g/mol. The molecule has 21 heavy (non-hydrogen) atoms. The van der Waals surface area contributed by atoms with Crippen LogP contribution in [0.15, 0.2) is 53.0 Å². The van der Waals surface area contributed by atoms with Gasteiger partial charge >= 0.3 is 0 Å². The van der Waals surface area contributed by atoms with Gasteiger partial charge in [-0.25, -0.2) is 0 Å². The highest BCUT2D eigenvalue weighted by Gasteiger charge is 2.01. The van der Waals surface area contributed by atoms with Gasteiger partial charge in [0.1, 0.15) is 0 Å². The number of hydrogen-bond acceptors (Lipinski definition) is 2. The third-order valence-electron chi connectivity index (χ3n) is 3.57. The van der Waals surface area contributed by atoms with Crippen LogP contribution in [0.4, 0.5) is 5.69 Å². The Morgan fingerprint density at radius 3 is 2.57 bits per heavy atom. The van der Waals surface area contributed by atoms with Crippen molar-refractivity contribution in [1.82, 2.24) is 5.32 Å². The molecule has 0 bridgehead atoms. The summed E-state index contributed by atoms with van der Waals surface area (Å²) >= 11 is 3.62. The molecule has 2 aromatic rings. The van der Waals surface area contributed by atoms with Gasteiger partial charge in [-0.1, -0.05) is 46.3 Å². The van der Waals surface area contributed by atoms with Crippen LogP contribution in [-0.2, 0) is 6.54 Å². The fraction of sp³-hybridized carbons (Fsp3) is 0.333. The number of halogens is 1. The van der Waals surface area contributed by atoms with Crippen molar-refractivity contribution in [3.8, 4) is 0 Å². The Hall–Kier alpha value is -1.32. The van der Waals surface area contributed by atoms with Crippen LogP contribution in [0.2, 0.25) is 0 Å². The van der Waals surface area contributed by atoms with Gasteiger partial charge in [-0.3, -0.25) is 0 Å². The maximum Gasteiger partial charge on any atom is 0.0363 e. The molecule has 0 amide bonds. The molecule has 0 aliphatic rings. The number of anilines is 1. The second kappa shape index (κ2) is 8.20. The summed E-state index contributed by atoms with van der Waals surface area (Å²) in [5.74, 6) is 0. The highest BCUT2D eigenvalue weighted by molar-refractivity contribution is 9.10. The number of para-hydroxylation sites is 1. The molecule has 0 aromatic heterocycles. The summed E-state index contributed by atoms with van der Waals surface area (Å²) in [5, 5.41) is 3.51. The predicted molar refractivity (Wildman–Crippen MR) is 94.9 cm³/mol. The average Bonchev–Trinajstić information content (AvgIpc) is 2.49. The number of hydrogen-bond donors (Lipinski definition) is 1. The van der Waals surface area contributed by atoms with Gasteiger partial charge in [0.15, 0.2) is 0 Å². The fourth-order valence-electron chi connectivity index (χ4n) is 2.27. The zero-order valence-electron chi connectivity index (χ0n) is 12.8. The molecule has 0 saturated carbocycles. The number of benzene rings is 2. The summed E-state index contributed by atoms with van der Waals surface area (Å²) in [4.78, 5) is 2.30. The van der Waals surface area contributed by atoms with E-state index in [0.29, 0.717) is 0 Å². The van der Waals surface area contributed by atoms with Crippen LogP contribution in [0, 0.1) is 6.92 Å². The Kier molecular flexibility index (Phi) is 6.27. The van der Waals surface area contributed by atoms with Crippen LogP contribution < -0.4 is 10.2 Å². The molecule has 3 heteroatoms. The molecule has 2 rings (SSSR count). The average molecular weight is 347 g/mol.